The Morgan fingerprint density at radius 1 is 1.36 bits per heavy atom. The summed E-state index contributed by atoms with van der Waals surface area (Å²) in [7, 11) is 0. The van der Waals surface area contributed by atoms with Gasteiger partial charge >= 0.3 is 0 Å². The first-order chi connectivity index (χ1) is 10.4. The summed E-state index contributed by atoms with van der Waals surface area (Å²) >= 11 is 0. The van der Waals surface area contributed by atoms with E-state index >= 15 is 0 Å². The van der Waals surface area contributed by atoms with E-state index in [2.05, 4.69) is 10.5 Å². The van der Waals surface area contributed by atoms with Crippen LogP contribution in [-0.2, 0) is 15.0 Å². The highest BCUT2D eigenvalue weighted by atomic mass is 16.5. The van der Waals surface area contributed by atoms with Crippen molar-refractivity contribution in [1.29, 1.82) is 0 Å². The summed E-state index contributed by atoms with van der Waals surface area (Å²) in [6, 6.07) is 9.16. The van der Waals surface area contributed by atoms with Crippen LogP contribution < -0.4 is 10.2 Å². The maximum Gasteiger partial charge on any atom is 0.245 e. The molecule has 0 unspecified atom stereocenters. The average molecular weight is 299 g/mol. The topological polar surface area (TPSA) is 75.4 Å². The molecular formula is C16H17N3O3. The smallest absolute Gasteiger partial charge is 0.245 e. The fourth-order valence-corrected chi connectivity index (χ4v) is 2.71. The zero-order valence-electron chi connectivity index (χ0n) is 12.7. The molecule has 3 rings (SSSR count). The molecule has 1 N–H and O–H groups in total. The van der Waals surface area contributed by atoms with Crippen LogP contribution in [0.5, 0.6) is 0 Å². The minimum absolute atomic E-state index is 0.0504. The lowest BCUT2D eigenvalue weighted by molar-refractivity contribution is -0.124. The Morgan fingerprint density at radius 3 is 2.77 bits per heavy atom. The predicted octanol–water partition coefficient (Wildman–Crippen LogP) is 2.25. The van der Waals surface area contributed by atoms with Crippen molar-refractivity contribution in [3.05, 3.63) is 41.7 Å². The van der Waals surface area contributed by atoms with Gasteiger partial charge < -0.3 is 14.7 Å². The first kappa shape index (κ1) is 14.3. The lowest BCUT2D eigenvalue weighted by Crippen LogP contribution is -2.40. The molecule has 0 bridgehead atoms. The summed E-state index contributed by atoms with van der Waals surface area (Å²) in [5, 5.41) is 6.34. The molecule has 0 saturated heterocycles. The monoisotopic (exact) mass is 299 g/mol. The molecule has 6 nitrogen and oxygen atoms in total. The second kappa shape index (κ2) is 4.98. The van der Waals surface area contributed by atoms with Crippen LogP contribution in [0, 0.1) is 6.92 Å². The number of anilines is 2. The van der Waals surface area contributed by atoms with E-state index in [0.29, 0.717) is 11.6 Å². The first-order valence-electron chi connectivity index (χ1n) is 7.04. The molecule has 0 aliphatic carbocycles. The average Bonchev–Trinajstić information content (AvgIpc) is 2.95. The Morgan fingerprint density at radius 2 is 2.09 bits per heavy atom. The Kier molecular flexibility index (Phi) is 3.24. The van der Waals surface area contributed by atoms with Crippen LogP contribution in [0.15, 0.2) is 34.9 Å². The molecular weight excluding hydrogens is 282 g/mol. The number of hydrogen-bond acceptors (Lipinski definition) is 4. The number of rotatable bonds is 3. The Labute approximate surface area is 128 Å². The van der Waals surface area contributed by atoms with Gasteiger partial charge in [0.15, 0.2) is 5.82 Å². The van der Waals surface area contributed by atoms with E-state index in [1.807, 2.05) is 38.1 Å². The van der Waals surface area contributed by atoms with Gasteiger partial charge in [-0.05, 0) is 32.4 Å². The van der Waals surface area contributed by atoms with Crippen molar-refractivity contribution in [3.63, 3.8) is 0 Å². The summed E-state index contributed by atoms with van der Waals surface area (Å²) < 4.78 is 4.90. The number of carbonyl (C=O) groups is 2. The molecule has 1 aromatic heterocycles. The zero-order chi connectivity index (χ0) is 15.9. The van der Waals surface area contributed by atoms with Crippen molar-refractivity contribution < 1.29 is 14.1 Å². The molecule has 1 aliphatic rings. The highest BCUT2D eigenvalue weighted by Crippen LogP contribution is 2.40. The molecule has 2 amide bonds. The van der Waals surface area contributed by atoms with Crippen molar-refractivity contribution in [3.8, 4) is 0 Å². The van der Waals surface area contributed by atoms with Crippen LogP contribution in [0.4, 0.5) is 11.5 Å². The molecule has 0 fully saturated rings. The van der Waals surface area contributed by atoms with Gasteiger partial charge in [0, 0.05) is 11.8 Å². The normalized spacial score (nSPS) is 15.8. The van der Waals surface area contributed by atoms with Gasteiger partial charge in [-0.2, -0.15) is 0 Å². The standard InChI is InChI=1S/C16H17N3O3/c1-10-8-13(18-22-10)17-14(20)9-19-12-7-5-4-6-11(12)16(2,3)15(19)21/h4-8H,9H2,1-3H3,(H,17,18,20). The van der Waals surface area contributed by atoms with Crippen molar-refractivity contribution >= 4 is 23.3 Å². The van der Waals surface area contributed by atoms with Crippen LogP contribution in [0.25, 0.3) is 0 Å². The van der Waals surface area contributed by atoms with E-state index in [1.165, 1.54) is 4.90 Å². The number of fused-ring (bicyclic) bond motifs is 1. The van der Waals surface area contributed by atoms with E-state index in [9.17, 15) is 9.59 Å². The second-order valence-corrected chi connectivity index (χ2v) is 5.90. The number of amides is 2. The fourth-order valence-electron chi connectivity index (χ4n) is 2.71. The number of aromatic nitrogens is 1. The third-order valence-corrected chi connectivity index (χ3v) is 3.85. The number of benzene rings is 1. The molecule has 6 heteroatoms. The Bertz CT molecular complexity index is 749. The highest BCUT2D eigenvalue weighted by molar-refractivity contribution is 6.11. The van der Waals surface area contributed by atoms with Crippen LogP contribution >= 0.6 is 0 Å². The van der Waals surface area contributed by atoms with Gasteiger partial charge in [-0.3, -0.25) is 9.59 Å². The molecule has 1 aromatic carbocycles. The number of hydrogen-bond donors (Lipinski definition) is 1. The number of carbonyl (C=O) groups excluding carboxylic acids is 2. The third-order valence-electron chi connectivity index (χ3n) is 3.85. The molecule has 22 heavy (non-hydrogen) atoms. The minimum Gasteiger partial charge on any atom is -0.360 e. The lowest BCUT2D eigenvalue weighted by atomic mass is 9.86. The minimum atomic E-state index is -0.624. The molecule has 0 saturated carbocycles. The molecule has 1 aliphatic heterocycles. The number of para-hydroxylation sites is 1. The summed E-state index contributed by atoms with van der Waals surface area (Å²) in [6.07, 6.45) is 0. The van der Waals surface area contributed by atoms with Crippen molar-refractivity contribution in [2.45, 2.75) is 26.2 Å². The highest BCUT2D eigenvalue weighted by Gasteiger charge is 2.44. The van der Waals surface area contributed by atoms with Crippen LogP contribution in [0.1, 0.15) is 25.2 Å². The summed E-state index contributed by atoms with van der Waals surface area (Å²) in [6.45, 7) is 5.43. The van der Waals surface area contributed by atoms with Gasteiger partial charge in [0.25, 0.3) is 0 Å². The molecule has 114 valence electrons. The van der Waals surface area contributed by atoms with E-state index in [4.69, 9.17) is 4.52 Å². The van der Waals surface area contributed by atoms with Gasteiger partial charge in [0.2, 0.25) is 11.8 Å². The molecule has 2 aromatic rings. The third kappa shape index (κ3) is 2.26. The Hall–Kier alpha value is -2.63. The maximum absolute atomic E-state index is 12.6. The fraction of sp³-hybridized carbons (Fsp3) is 0.312. The van der Waals surface area contributed by atoms with Crippen molar-refractivity contribution in [1.82, 2.24) is 5.16 Å². The zero-order valence-corrected chi connectivity index (χ0v) is 12.7. The van der Waals surface area contributed by atoms with E-state index in [0.717, 1.165) is 11.3 Å². The van der Waals surface area contributed by atoms with E-state index in [-0.39, 0.29) is 18.4 Å². The van der Waals surface area contributed by atoms with Gasteiger partial charge in [-0.15, -0.1) is 0 Å². The molecule has 2 heterocycles. The quantitative estimate of drug-likeness (QED) is 0.943. The predicted molar refractivity (Wildman–Crippen MR) is 81.7 cm³/mol. The summed E-state index contributed by atoms with van der Waals surface area (Å²) in [5.74, 6) is 0.565. The van der Waals surface area contributed by atoms with Gasteiger partial charge in [0.05, 0.1) is 5.41 Å². The number of nitrogens with one attached hydrogen (secondary N) is 1. The second-order valence-electron chi connectivity index (χ2n) is 5.90. The number of aryl methyl sites for hydroxylation is 1. The first-order valence-corrected chi connectivity index (χ1v) is 7.04. The Balaban J connectivity index is 1.80. The van der Waals surface area contributed by atoms with Crippen LogP contribution in [-0.4, -0.2) is 23.5 Å². The number of nitrogens with zero attached hydrogens (tertiary/aromatic N) is 2. The van der Waals surface area contributed by atoms with E-state index in [1.54, 1.807) is 13.0 Å². The van der Waals surface area contributed by atoms with Gasteiger partial charge in [-0.1, -0.05) is 23.4 Å². The van der Waals surface area contributed by atoms with Crippen molar-refractivity contribution in [2.24, 2.45) is 0 Å². The molecule has 0 atom stereocenters. The molecule has 0 spiro atoms. The molecule has 0 radical (unpaired) electrons. The summed E-state index contributed by atoms with van der Waals surface area (Å²) in [4.78, 5) is 26.3. The van der Waals surface area contributed by atoms with Crippen LogP contribution in [0.2, 0.25) is 0 Å². The van der Waals surface area contributed by atoms with Gasteiger partial charge in [0.1, 0.15) is 12.3 Å². The van der Waals surface area contributed by atoms with Crippen LogP contribution in [0.3, 0.4) is 0 Å². The SMILES string of the molecule is Cc1cc(NC(=O)CN2C(=O)C(C)(C)c3ccccc32)no1. The van der Waals surface area contributed by atoms with Gasteiger partial charge in [-0.25, -0.2) is 0 Å². The largest absolute Gasteiger partial charge is 0.360 e. The van der Waals surface area contributed by atoms with Crippen molar-refractivity contribution in [2.75, 3.05) is 16.8 Å². The maximum atomic E-state index is 12.6. The van der Waals surface area contributed by atoms with E-state index < -0.39 is 5.41 Å². The summed E-state index contributed by atoms with van der Waals surface area (Å²) in [5.41, 5.74) is 1.09. The lowest BCUT2D eigenvalue weighted by Gasteiger charge is -2.19.